The lowest BCUT2D eigenvalue weighted by atomic mass is 9.93. The van der Waals surface area contributed by atoms with Crippen molar-refractivity contribution in [2.45, 2.75) is 76.6 Å². The number of aliphatic hydroxyl groups excluding tert-OH is 1. The van der Waals surface area contributed by atoms with E-state index in [9.17, 15) is 18.3 Å². The number of hydrogen-bond acceptors (Lipinski definition) is 7. The molecular weight excluding hydrogens is 526 g/mol. The van der Waals surface area contributed by atoms with Crippen molar-refractivity contribution in [3.8, 4) is 0 Å². The number of anilines is 2. The van der Waals surface area contributed by atoms with E-state index < -0.39 is 28.1 Å². The fourth-order valence-electron chi connectivity index (χ4n) is 4.41. The molecule has 0 bridgehead atoms. The van der Waals surface area contributed by atoms with Crippen LogP contribution < -0.4 is 20.3 Å². The molecule has 1 saturated heterocycles. The summed E-state index contributed by atoms with van der Waals surface area (Å²) in [4.78, 5) is 18.0. The number of halogens is 1. The largest absolute Gasteiger partial charge is 0.389 e. The van der Waals surface area contributed by atoms with Crippen molar-refractivity contribution in [3.05, 3.63) is 53.6 Å². The number of rotatable bonds is 11. The summed E-state index contributed by atoms with van der Waals surface area (Å²) in [5, 5.41) is 21.1. The Morgan fingerprint density at radius 2 is 1.92 bits per heavy atom. The molecule has 1 fully saturated rings. The zero-order chi connectivity index (χ0) is 27.0. The SMILES string of the molecule is CC[C@H](C)Nc1cc(C(=O)N[C@@H](Cc2ccccc2)[C@H](O)C2CCCCCN2)cc(N(C)S(C)(=O)=O)n1.Cl. The van der Waals surface area contributed by atoms with Crippen LogP contribution in [0.25, 0.3) is 0 Å². The number of sulfonamides is 1. The van der Waals surface area contributed by atoms with Crippen LogP contribution >= 0.6 is 12.4 Å². The molecule has 4 N–H and O–H groups in total. The van der Waals surface area contributed by atoms with Crippen LogP contribution in [-0.2, 0) is 16.4 Å². The maximum atomic E-state index is 13.6. The van der Waals surface area contributed by atoms with Gasteiger partial charge in [-0.2, -0.15) is 0 Å². The van der Waals surface area contributed by atoms with Gasteiger partial charge in [0.1, 0.15) is 11.6 Å². The Morgan fingerprint density at radius 1 is 1.21 bits per heavy atom. The number of carbonyl (C=O) groups is 1. The van der Waals surface area contributed by atoms with Crippen LogP contribution in [0.1, 0.15) is 61.9 Å². The molecule has 1 unspecified atom stereocenters. The van der Waals surface area contributed by atoms with E-state index in [1.165, 1.54) is 13.1 Å². The molecule has 1 aromatic heterocycles. The minimum absolute atomic E-state index is 0. The highest BCUT2D eigenvalue weighted by molar-refractivity contribution is 7.92. The van der Waals surface area contributed by atoms with Gasteiger partial charge in [-0.15, -0.1) is 12.4 Å². The number of aliphatic hydroxyl groups is 1. The van der Waals surface area contributed by atoms with Crippen LogP contribution in [0.2, 0.25) is 0 Å². The monoisotopic (exact) mass is 567 g/mol. The van der Waals surface area contributed by atoms with E-state index in [-0.39, 0.29) is 35.9 Å². The van der Waals surface area contributed by atoms with Crippen molar-refractivity contribution in [1.82, 2.24) is 15.6 Å². The van der Waals surface area contributed by atoms with E-state index in [0.717, 1.165) is 54.8 Å². The highest BCUT2D eigenvalue weighted by Crippen LogP contribution is 2.22. The number of carbonyl (C=O) groups excluding carboxylic acids is 1. The molecule has 1 aromatic carbocycles. The van der Waals surface area contributed by atoms with E-state index in [1.54, 1.807) is 6.07 Å². The van der Waals surface area contributed by atoms with Crippen LogP contribution in [0.5, 0.6) is 0 Å². The van der Waals surface area contributed by atoms with E-state index in [2.05, 4.69) is 20.9 Å². The third kappa shape index (κ3) is 9.11. The van der Waals surface area contributed by atoms with Crippen molar-refractivity contribution in [2.24, 2.45) is 0 Å². The number of aromatic nitrogens is 1. The fourth-order valence-corrected chi connectivity index (χ4v) is 4.84. The number of benzene rings is 1. The van der Waals surface area contributed by atoms with Gasteiger partial charge >= 0.3 is 0 Å². The summed E-state index contributed by atoms with van der Waals surface area (Å²) >= 11 is 0. The van der Waals surface area contributed by atoms with E-state index in [1.807, 2.05) is 44.2 Å². The highest BCUT2D eigenvalue weighted by Gasteiger charge is 2.30. The minimum Gasteiger partial charge on any atom is -0.389 e. The van der Waals surface area contributed by atoms with Crippen molar-refractivity contribution >= 4 is 40.0 Å². The zero-order valence-electron chi connectivity index (χ0n) is 22.7. The summed E-state index contributed by atoms with van der Waals surface area (Å²) in [6, 6.07) is 12.3. The second kappa shape index (κ2) is 14.7. The van der Waals surface area contributed by atoms with Crippen molar-refractivity contribution < 1.29 is 18.3 Å². The van der Waals surface area contributed by atoms with E-state index in [0.29, 0.717) is 12.2 Å². The molecule has 0 radical (unpaired) electrons. The third-order valence-electron chi connectivity index (χ3n) is 6.94. The molecule has 0 aliphatic carbocycles. The number of pyridine rings is 1. The summed E-state index contributed by atoms with van der Waals surface area (Å²) in [7, 11) is -2.17. The van der Waals surface area contributed by atoms with Crippen LogP contribution in [-0.4, -0.2) is 68.5 Å². The van der Waals surface area contributed by atoms with Gasteiger partial charge in [0.25, 0.3) is 5.91 Å². The first-order valence-corrected chi connectivity index (χ1v) is 14.9. The lowest BCUT2D eigenvalue weighted by Crippen LogP contribution is -2.53. The quantitative estimate of drug-likeness (QED) is 0.328. The average Bonchev–Trinajstić information content (AvgIpc) is 3.17. The standard InChI is InChI=1S/C27H41N5O4S.ClH/c1-5-19(2)29-24-17-21(18-25(31-24)32(3)37(4,35)36)27(34)30-23(16-20-12-8-6-9-13-20)26(33)22-14-10-7-11-15-28-22;/h6,8-9,12-13,17-19,22-23,26,28,33H,5,7,10-11,14-16H2,1-4H3,(H,29,31)(H,30,34);1H/t19-,22?,23-,26+;/m0./s1. The van der Waals surface area contributed by atoms with Crippen molar-refractivity contribution in [2.75, 3.05) is 29.5 Å². The minimum atomic E-state index is -3.58. The molecule has 11 heteroatoms. The summed E-state index contributed by atoms with van der Waals surface area (Å²) in [6.45, 7) is 4.85. The normalized spacial score (nSPS) is 18.3. The molecule has 212 valence electrons. The van der Waals surface area contributed by atoms with Crippen LogP contribution in [0, 0.1) is 0 Å². The predicted molar refractivity (Wildman–Crippen MR) is 156 cm³/mol. The van der Waals surface area contributed by atoms with Gasteiger partial charge in [0.15, 0.2) is 0 Å². The van der Waals surface area contributed by atoms with E-state index >= 15 is 0 Å². The molecular formula is C27H42ClN5O4S. The Labute approximate surface area is 233 Å². The number of nitrogens with one attached hydrogen (secondary N) is 3. The van der Waals surface area contributed by atoms with Crippen LogP contribution in [0.15, 0.2) is 42.5 Å². The summed E-state index contributed by atoms with van der Waals surface area (Å²) < 4.78 is 25.5. The molecule has 9 nitrogen and oxygen atoms in total. The summed E-state index contributed by atoms with van der Waals surface area (Å²) in [5.41, 5.74) is 1.28. The Hall–Kier alpha value is -2.40. The fraction of sp³-hybridized carbons (Fsp3) is 0.556. The molecule has 3 rings (SSSR count). The van der Waals surface area contributed by atoms with Gasteiger partial charge in [0.05, 0.1) is 18.4 Å². The summed E-state index contributed by atoms with van der Waals surface area (Å²) in [6.07, 6.45) is 5.64. The van der Waals surface area contributed by atoms with Crippen molar-refractivity contribution in [1.29, 1.82) is 0 Å². The molecule has 2 aromatic rings. The Bertz CT molecular complexity index is 1130. The molecule has 1 amide bonds. The first-order chi connectivity index (χ1) is 17.6. The highest BCUT2D eigenvalue weighted by atomic mass is 35.5. The molecule has 0 spiro atoms. The van der Waals surface area contributed by atoms with Gasteiger partial charge in [-0.05, 0) is 56.8 Å². The predicted octanol–water partition coefficient (Wildman–Crippen LogP) is 3.34. The Kier molecular flexibility index (Phi) is 12.3. The van der Waals surface area contributed by atoms with Crippen molar-refractivity contribution in [3.63, 3.8) is 0 Å². The lowest BCUT2D eigenvalue weighted by molar-refractivity contribution is 0.0698. The first kappa shape index (κ1) is 31.8. The van der Waals surface area contributed by atoms with Gasteiger partial charge in [0, 0.05) is 24.7 Å². The van der Waals surface area contributed by atoms with E-state index in [4.69, 9.17) is 0 Å². The van der Waals surface area contributed by atoms with Gasteiger partial charge in [-0.3, -0.25) is 9.10 Å². The van der Waals surface area contributed by atoms with Gasteiger partial charge in [-0.25, -0.2) is 13.4 Å². The molecule has 0 saturated carbocycles. The maximum Gasteiger partial charge on any atom is 0.251 e. The smallest absolute Gasteiger partial charge is 0.251 e. The second-order valence-electron chi connectivity index (χ2n) is 9.95. The summed E-state index contributed by atoms with van der Waals surface area (Å²) in [5.74, 6) is 0.163. The zero-order valence-corrected chi connectivity index (χ0v) is 24.3. The lowest BCUT2D eigenvalue weighted by Gasteiger charge is -2.31. The average molecular weight is 568 g/mol. The Balaban J connectivity index is 0.00000507. The van der Waals surface area contributed by atoms with Gasteiger partial charge in [0.2, 0.25) is 10.0 Å². The Morgan fingerprint density at radius 3 is 2.58 bits per heavy atom. The molecule has 4 atom stereocenters. The van der Waals surface area contributed by atoms with Crippen LogP contribution in [0.4, 0.5) is 11.6 Å². The van der Waals surface area contributed by atoms with Crippen LogP contribution in [0.3, 0.4) is 0 Å². The van der Waals surface area contributed by atoms with Gasteiger partial charge in [-0.1, -0.05) is 50.1 Å². The number of hydrogen-bond donors (Lipinski definition) is 4. The second-order valence-corrected chi connectivity index (χ2v) is 12.0. The molecule has 2 heterocycles. The molecule has 38 heavy (non-hydrogen) atoms. The molecule has 1 aliphatic heterocycles. The number of amides is 1. The third-order valence-corrected chi connectivity index (χ3v) is 8.12. The topological polar surface area (TPSA) is 124 Å². The first-order valence-electron chi connectivity index (χ1n) is 13.1. The molecule has 1 aliphatic rings. The number of nitrogens with zero attached hydrogens (tertiary/aromatic N) is 2. The van der Waals surface area contributed by atoms with Gasteiger partial charge < -0.3 is 21.1 Å². The maximum absolute atomic E-state index is 13.6.